The first-order chi connectivity index (χ1) is 5.67. The minimum atomic E-state index is -1.91. The van der Waals surface area contributed by atoms with Gasteiger partial charge in [-0.15, -0.1) is 0 Å². The molecule has 4 nitrogen and oxygen atoms in total. The van der Waals surface area contributed by atoms with E-state index in [2.05, 4.69) is 0 Å². The lowest BCUT2D eigenvalue weighted by molar-refractivity contribution is -0.179. The molecule has 1 aromatic carbocycles. The molecule has 0 saturated carbocycles. The molecule has 0 unspecified atom stereocenters. The summed E-state index contributed by atoms with van der Waals surface area (Å²) in [4.78, 5) is 0. The standard InChI is InChI=1S/C9H12O3.H3N/c10-7-6-9(11,12)8-4-2-1-3-5-8;/h1-5,10-12H,6-7H2;1H3. The second kappa shape index (κ2) is 4.94. The highest BCUT2D eigenvalue weighted by Gasteiger charge is 2.24. The summed E-state index contributed by atoms with van der Waals surface area (Å²) < 4.78 is 0. The Morgan fingerprint density at radius 2 is 1.62 bits per heavy atom. The molecule has 0 spiro atoms. The fourth-order valence-corrected chi connectivity index (χ4v) is 1.01. The molecule has 0 radical (unpaired) electrons. The summed E-state index contributed by atoms with van der Waals surface area (Å²) >= 11 is 0. The lowest BCUT2D eigenvalue weighted by atomic mass is 10.0. The minimum absolute atomic E-state index is 0. The molecule has 0 fully saturated rings. The maximum atomic E-state index is 9.38. The van der Waals surface area contributed by atoms with Crippen LogP contribution in [-0.4, -0.2) is 21.9 Å². The minimum Gasteiger partial charge on any atom is -0.396 e. The van der Waals surface area contributed by atoms with Gasteiger partial charge in [0.1, 0.15) is 0 Å². The van der Waals surface area contributed by atoms with Crippen LogP contribution in [0.4, 0.5) is 0 Å². The van der Waals surface area contributed by atoms with Crippen molar-refractivity contribution in [1.82, 2.24) is 6.15 Å². The average molecular weight is 185 g/mol. The molecule has 0 heterocycles. The zero-order valence-electron chi connectivity index (χ0n) is 7.35. The van der Waals surface area contributed by atoms with Crippen molar-refractivity contribution < 1.29 is 15.3 Å². The van der Waals surface area contributed by atoms with Crippen molar-refractivity contribution >= 4 is 0 Å². The number of hydrogen-bond donors (Lipinski definition) is 4. The molecule has 1 aromatic rings. The molecule has 74 valence electrons. The maximum Gasteiger partial charge on any atom is 0.191 e. The zero-order chi connectivity index (χ0) is 9.03. The summed E-state index contributed by atoms with van der Waals surface area (Å²) in [5.41, 5.74) is 0.402. The van der Waals surface area contributed by atoms with E-state index < -0.39 is 5.79 Å². The summed E-state index contributed by atoms with van der Waals surface area (Å²) in [6.07, 6.45) is -0.0724. The van der Waals surface area contributed by atoms with Gasteiger partial charge in [-0.1, -0.05) is 30.3 Å². The van der Waals surface area contributed by atoms with Gasteiger partial charge in [-0.25, -0.2) is 0 Å². The molecule has 0 atom stereocenters. The van der Waals surface area contributed by atoms with Crippen LogP contribution in [0.2, 0.25) is 0 Å². The lowest BCUT2D eigenvalue weighted by Crippen LogP contribution is -2.26. The molecular formula is C9H15NO3. The smallest absolute Gasteiger partial charge is 0.191 e. The van der Waals surface area contributed by atoms with Gasteiger partial charge in [0.05, 0.1) is 0 Å². The van der Waals surface area contributed by atoms with Crippen LogP contribution in [0.3, 0.4) is 0 Å². The summed E-state index contributed by atoms with van der Waals surface area (Å²) in [7, 11) is 0. The highest BCUT2D eigenvalue weighted by molar-refractivity contribution is 5.19. The highest BCUT2D eigenvalue weighted by Crippen LogP contribution is 2.20. The van der Waals surface area contributed by atoms with Crippen molar-refractivity contribution in [1.29, 1.82) is 0 Å². The Morgan fingerprint density at radius 1 is 1.08 bits per heavy atom. The van der Waals surface area contributed by atoms with Crippen LogP contribution < -0.4 is 6.15 Å². The average Bonchev–Trinajstić information content (AvgIpc) is 2.06. The van der Waals surface area contributed by atoms with Crippen LogP contribution in [0.25, 0.3) is 0 Å². The van der Waals surface area contributed by atoms with Crippen molar-refractivity contribution in [3.8, 4) is 0 Å². The van der Waals surface area contributed by atoms with Crippen molar-refractivity contribution in [2.45, 2.75) is 12.2 Å². The van der Waals surface area contributed by atoms with Crippen LogP contribution in [0, 0.1) is 0 Å². The first-order valence-corrected chi connectivity index (χ1v) is 3.78. The van der Waals surface area contributed by atoms with Gasteiger partial charge in [0, 0.05) is 18.6 Å². The number of aliphatic hydroxyl groups is 3. The van der Waals surface area contributed by atoms with Crippen LogP contribution >= 0.6 is 0 Å². The topological polar surface area (TPSA) is 95.7 Å². The first-order valence-electron chi connectivity index (χ1n) is 3.78. The predicted molar refractivity (Wildman–Crippen MR) is 49.3 cm³/mol. The predicted octanol–water partition coefficient (Wildman–Crippen LogP) is 0.368. The van der Waals surface area contributed by atoms with Gasteiger partial charge in [-0.05, 0) is 0 Å². The zero-order valence-corrected chi connectivity index (χ0v) is 7.35. The molecular weight excluding hydrogens is 170 g/mol. The second-order valence-corrected chi connectivity index (χ2v) is 2.66. The van der Waals surface area contributed by atoms with Gasteiger partial charge in [0.15, 0.2) is 5.79 Å². The summed E-state index contributed by atoms with van der Waals surface area (Å²) in [5, 5.41) is 27.3. The number of rotatable bonds is 3. The van der Waals surface area contributed by atoms with Gasteiger partial charge in [0.2, 0.25) is 0 Å². The summed E-state index contributed by atoms with van der Waals surface area (Å²) in [6.45, 7) is -0.248. The molecule has 6 N–H and O–H groups in total. The van der Waals surface area contributed by atoms with Gasteiger partial charge < -0.3 is 21.5 Å². The SMILES string of the molecule is N.OCCC(O)(O)c1ccccc1. The molecule has 0 amide bonds. The van der Waals surface area contributed by atoms with Crippen molar-refractivity contribution in [2.75, 3.05) is 6.61 Å². The van der Waals surface area contributed by atoms with E-state index in [1.807, 2.05) is 0 Å². The molecule has 0 aliphatic carbocycles. The van der Waals surface area contributed by atoms with E-state index in [-0.39, 0.29) is 19.2 Å². The van der Waals surface area contributed by atoms with Crippen LogP contribution in [0.1, 0.15) is 12.0 Å². The largest absolute Gasteiger partial charge is 0.396 e. The maximum absolute atomic E-state index is 9.38. The van der Waals surface area contributed by atoms with E-state index in [4.69, 9.17) is 5.11 Å². The van der Waals surface area contributed by atoms with E-state index >= 15 is 0 Å². The van der Waals surface area contributed by atoms with Gasteiger partial charge in [-0.3, -0.25) is 0 Å². The number of benzene rings is 1. The number of aliphatic hydroxyl groups excluding tert-OH is 1. The van der Waals surface area contributed by atoms with Crippen molar-refractivity contribution in [3.63, 3.8) is 0 Å². The molecule has 0 aliphatic rings. The lowest BCUT2D eigenvalue weighted by Gasteiger charge is -2.20. The Labute approximate surface area is 77.0 Å². The summed E-state index contributed by atoms with van der Waals surface area (Å²) in [5.74, 6) is -1.91. The molecule has 0 aromatic heterocycles. The van der Waals surface area contributed by atoms with E-state index in [1.165, 1.54) is 0 Å². The van der Waals surface area contributed by atoms with Crippen molar-refractivity contribution in [2.24, 2.45) is 0 Å². The Bertz CT molecular complexity index is 236. The molecule has 1 rings (SSSR count). The summed E-state index contributed by atoms with van der Waals surface area (Å²) in [6, 6.07) is 8.44. The van der Waals surface area contributed by atoms with Crippen molar-refractivity contribution in [3.05, 3.63) is 35.9 Å². The Hall–Kier alpha value is -0.940. The number of hydrogen-bond acceptors (Lipinski definition) is 4. The molecule has 13 heavy (non-hydrogen) atoms. The first kappa shape index (κ1) is 12.1. The van der Waals surface area contributed by atoms with Crippen LogP contribution in [-0.2, 0) is 5.79 Å². The second-order valence-electron chi connectivity index (χ2n) is 2.66. The Morgan fingerprint density at radius 3 is 2.08 bits per heavy atom. The normalized spacial score (nSPS) is 10.7. The highest BCUT2D eigenvalue weighted by atomic mass is 16.5. The van der Waals surface area contributed by atoms with E-state index in [9.17, 15) is 10.2 Å². The fraction of sp³-hybridized carbons (Fsp3) is 0.333. The third-order valence-electron chi connectivity index (χ3n) is 1.70. The Balaban J connectivity index is 0.00000144. The van der Waals surface area contributed by atoms with E-state index in [0.29, 0.717) is 5.56 Å². The monoisotopic (exact) mass is 185 g/mol. The van der Waals surface area contributed by atoms with Gasteiger partial charge in [-0.2, -0.15) is 0 Å². The third kappa shape index (κ3) is 3.12. The molecule has 4 heteroatoms. The van der Waals surface area contributed by atoms with E-state index in [0.717, 1.165) is 0 Å². The quantitative estimate of drug-likeness (QED) is 0.511. The fourth-order valence-electron chi connectivity index (χ4n) is 1.01. The van der Waals surface area contributed by atoms with E-state index in [1.54, 1.807) is 30.3 Å². The van der Waals surface area contributed by atoms with Gasteiger partial charge in [0.25, 0.3) is 0 Å². The molecule has 0 bridgehead atoms. The van der Waals surface area contributed by atoms with Crippen LogP contribution in [0.15, 0.2) is 30.3 Å². The van der Waals surface area contributed by atoms with Gasteiger partial charge >= 0.3 is 0 Å². The molecule has 0 saturated heterocycles. The van der Waals surface area contributed by atoms with Crippen LogP contribution in [0.5, 0.6) is 0 Å². The Kier molecular flexibility index (Phi) is 4.58. The molecule has 0 aliphatic heterocycles. The third-order valence-corrected chi connectivity index (χ3v) is 1.70.